The summed E-state index contributed by atoms with van der Waals surface area (Å²) >= 11 is 0. The largest absolute Gasteiger partial charge is 0 e. The van der Waals surface area contributed by atoms with Crippen molar-refractivity contribution >= 4 is 32.0 Å². The molecule has 0 aromatic carbocycles. The zero-order valence-electron chi connectivity index (χ0n) is 6.67. The molecule has 0 aromatic heterocycles. The van der Waals surface area contributed by atoms with Crippen LogP contribution in [0.1, 0.15) is 4.28 Å². The van der Waals surface area contributed by atoms with Crippen molar-refractivity contribution in [1.29, 1.82) is 0 Å². The van der Waals surface area contributed by atoms with Gasteiger partial charge < -0.3 is 5.48 Å². The molecule has 2 N–H and O–H groups in total. The van der Waals surface area contributed by atoms with Crippen molar-refractivity contribution in [3.05, 3.63) is 16.6 Å². The maximum Gasteiger partial charge on any atom is 0 e. The minimum atomic E-state index is 0. The van der Waals surface area contributed by atoms with Crippen LogP contribution in [0, 0.1) is 16.6 Å². The second kappa shape index (κ2) is 2200. The van der Waals surface area contributed by atoms with Gasteiger partial charge >= 0.3 is 29.8 Å². The van der Waals surface area contributed by atoms with Gasteiger partial charge in [-0.25, -0.2) is 0 Å². The predicted molar refractivity (Wildman–Crippen MR) is 46.0 cm³/mol. The molecule has 15 heavy (non-hydrogen) atoms. The molecule has 92 valence electrons. The van der Waals surface area contributed by atoms with Gasteiger partial charge in [-0.2, -0.15) is 42.3 Å². The molecule has 0 aliphatic rings. The van der Waals surface area contributed by atoms with Gasteiger partial charge in [-0.3, -0.25) is 0 Å². The number of hydrogen-bond acceptors (Lipinski definition) is 8. The van der Waals surface area contributed by atoms with Gasteiger partial charge in [-0.1, -0.05) is 0 Å². The van der Waals surface area contributed by atoms with E-state index in [-0.39, 0.29) is 41.7 Å². The first kappa shape index (κ1) is 53.0. The molecule has 11 heteroatoms. The Kier molecular flexibility index (Phi) is 7780. The third kappa shape index (κ3) is 231. The Morgan fingerprint density at radius 3 is 0.733 bits per heavy atom. The van der Waals surface area contributed by atoms with Crippen LogP contribution in [0.25, 0.3) is 0 Å². The minimum absolute atomic E-state index is 0. The summed E-state index contributed by atoms with van der Waals surface area (Å²) in [5.74, 6) is 0. The molecule has 0 aromatic rings. The van der Waals surface area contributed by atoms with E-state index in [0.717, 1.165) is 0 Å². The molecule has 0 fully saturated rings. The van der Waals surface area contributed by atoms with Gasteiger partial charge in [-0.05, 0) is 0 Å². The van der Waals surface area contributed by atoms with Gasteiger partial charge in [-0.15, -0.1) is 0 Å². The molecule has 0 atom stereocenters. The summed E-state index contributed by atoms with van der Waals surface area (Å²) in [6, 6.07) is 0. The van der Waals surface area contributed by atoms with Gasteiger partial charge in [0.1, 0.15) is 0 Å². The first-order chi connectivity index (χ1) is 6.24. The SMILES string of the molecule is O.O=C=O.O=C=O.O=C=O.O=O.S.[C-]#[O+].[HH].[HH].[HH]. The van der Waals surface area contributed by atoms with Crippen LogP contribution in [-0.4, -0.2) is 23.9 Å². The average Bonchev–Trinajstić information content (AvgIpc) is 2.14. The fourth-order valence-electron chi connectivity index (χ4n) is 0. The molecule has 0 bridgehead atoms. The Balaban J connectivity index is -0.00000000525. The normalized spacial score (nSPS) is 2.00. The summed E-state index contributed by atoms with van der Waals surface area (Å²) < 4.78 is 7.50. The van der Waals surface area contributed by atoms with E-state index in [2.05, 4.69) is 6.65 Å². The van der Waals surface area contributed by atoms with E-state index in [1.165, 1.54) is 0 Å². The van der Waals surface area contributed by atoms with Crippen LogP contribution in [0.3, 0.4) is 0 Å². The van der Waals surface area contributed by atoms with Crippen molar-refractivity contribution in [2.45, 2.75) is 0 Å². The topological polar surface area (TPSA) is 188 Å². The average molecular weight is 250 g/mol. The molecule has 0 aliphatic heterocycles. The molecule has 0 rings (SSSR count). The predicted octanol–water partition coefficient (Wildman–Crippen LogP) is -1.69. The van der Waals surface area contributed by atoms with Crippen LogP contribution in [-0.2, 0) is 33.4 Å². The van der Waals surface area contributed by atoms with Crippen molar-refractivity contribution < 1.29 is 43.2 Å². The monoisotopic (exact) mass is 250 g/mol. The van der Waals surface area contributed by atoms with Crippen LogP contribution in [0.4, 0.5) is 0 Å². The quantitative estimate of drug-likeness (QED) is 0.359. The molecule has 0 amide bonds. The van der Waals surface area contributed by atoms with Gasteiger partial charge in [0.2, 0.25) is 0 Å². The summed E-state index contributed by atoms with van der Waals surface area (Å²) in [5, 5.41) is 0. The first-order valence-corrected chi connectivity index (χ1v) is 1.60. The molecule has 0 saturated carbocycles. The molecule has 0 heterocycles. The Morgan fingerprint density at radius 2 is 0.733 bits per heavy atom. The second-order valence-electron chi connectivity index (χ2n) is 0.250. The fraction of sp³-hybridized carbons (Fsp3) is 0. The van der Waals surface area contributed by atoms with Crippen molar-refractivity contribution in [3.63, 3.8) is 0 Å². The summed E-state index contributed by atoms with van der Waals surface area (Å²) in [4.78, 5) is 62.8. The van der Waals surface area contributed by atoms with Crippen LogP contribution in [0.2, 0.25) is 0 Å². The molecule has 0 saturated heterocycles. The number of rotatable bonds is 0. The van der Waals surface area contributed by atoms with Gasteiger partial charge in [0, 0.05) is 14.2 Å². The van der Waals surface area contributed by atoms with Crippen molar-refractivity contribution in [2.24, 2.45) is 0 Å². The van der Waals surface area contributed by atoms with Crippen LogP contribution in [0.5, 0.6) is 0 Å². The molecule has 10 nitrogen and oxygen atoms in total. The fourth-order valence-corrected chi connectivity index (χ4v) is 0. The summed E-state index contributed by atoms with van der Waals surface area (Å²) in [6.07, 6.45) is 0.750. The zero-order chi connectivity index (χ0) is 12.1. The van der Waals surface area contributed by atoms with E-state index in [1.807, 2.05) is 0 Å². The Bertz CT molecular complexity index is 162. The van der Waals surface area contributed by atoms with Gasteiger partial charge in [0.15, 0.2) is 0 Å². The Hall–Kier alpha value is -2.21. The van der Waals surface area contributed by atoms with Crippen molar-refractivity contribution in [1.82, 2.24) is 0 Å². The van der Waals surface area contributed by atoms with E-state index < -0.39 is 0 Å². The Labute approximate surface area is 92.8 Å². The van der Waals surface area contributed by atoms with Crippen molar-refractivity contribution in [2.75, 3.05) is 0 Å². The van der Waals surface area contributed by atoms with Gasteiger partial charge in [0.05, 0.1) is 0 Å². The number of hydrogen-bond donors (Lipinski definition) is 0. The smallest absolute Gasteiger partial charge is 0 e. The van der Waals surface area contributed by atoms with Crippen LogP contribution in [0.15, 0.2) is 0 Å². The minimum Gasteiger partial charge on any atom is 0 e. The maximum atomic E-state index is 8.12. The molecule has 0 aliphatic carbocycles. The van der Waals surface area contributed by atoms with E-state index in [1.54, 1.807) is 0 Å². The molecule has 0 radical (unpaired) electrons. The van der Waals surface area contributed by atoms with Crippen LogP contribution < -0.4 is 0 Å². The number of carbonyl (C=O) groups excluding carboxylic acids is 6. The van der Waals surface area contributed by atoms with E-state index >= 15 is 0 Å². The standard InChI is InChI=1S/3CO2.CO.O2.H2O.H2S.3H2/c3*2-1-3;2*1-2;;;;;/h;;;;;2*1H2;3*1H. The van der Waals surface area contributed by atoms with Crippen LogP contribution >= 0.6 is 13.5 Å². The van der Waals surface area contributed by atoms with E-state index in [0.29, 0.717) is 0 Å². The third-order valence-corrected chi connectivity index (χ3v) is 0. The molecule has 0 unspecified atom stereocenters. The first-order valence-electron chi connectivity index (χ1n) is 1.60. The van der Waals surface area contributed by atoms with E-state index in [4.69, 9.17) is 43.3 Å². The maximum absolute atomic E-state index is 8.12. The van der Waals surface area contributed by atoms with Gasteiger partial charge in [0.25, 0.3) is 0 Å². The summed E-state index contributed by atoms with van der Waals surface area (Å²) in [7, 11) is 0. The van der Waals surface area contributed by atoms with E-state index in [9.17, 15) is 0 Å². The van der Waals surface area contributed by atoms with Crippen molar-refractivity contribution in [3.8, 4) is 0 Å². The molecular weight excluding hydrogens is 240 g/mol. The third-order valence-electron chi connectivity index (χ3n) is 0. The molecule has 0 spiro atoms. The summed E-state index contributed by atoms with van der Waals surface area (Å²) in [6.45, 7) is 4.50. The Morgan fingerprint density at radius 1 is 0.733 bits per heavy atom. The zero-order valence-corrected chi connectivity index (χ0v) is 7.67. The molecular formula is C4H10O10S. The summed E-state index contributed by atoms with van der Waals surface area (Å²) in [5.41, 5.74) is 0. The second-order valence-corrected chi connectivity index (χ2v) is 0.250.